The molecule has 1 aliphatic carbocycles. The first-order valence-corrected chi connectivity index (χ1v) is 6.00. The van der Waals surface area contributed by atoms with Gasteiger partial charge >= 0.3 is 0 Å². The Bertz CT molecular complexity index is 408. The standard InChI is InChI=1S/C11H14ClN3O/c1-15-8(4-7-2-3-7)6-16-9-5-13-11(12)14-10(9)15/h5,7-8H,2-4,6H2,1H3. The number of fused-ring (bicyclic) bond motifs is 1. The highest BCUT2D eigenvalue weighted by atomic mass is 35.5. The first kappa shape index (κ1) is 10.1. The molecule has 1 saturated carbocycles. The third kappa shape index (κ3) is 1.82. The van der Waals surface area contributed by atoms with Crippen molar-refractivity contribution >= 4 is 17.4 Å². The third-order valence-electron chi connectivity index (χ3n) is 3.32. The van der Waals surface area contributed by atoms with E-state index in [1.165, 1.54) is 19.3 Å². The number of rotatable bonds is 2. The summed E-state index contributed by atoms with van der Waals surface area (Å²) < 4.78 is 5.66. The summed E-state index contributed by atoms with van der Waals surface area (Å²) in [6.07, 6.45) is 5.57. The highest BCUT2D eigenvalue weighted by molar-refractivity contribution is 6.28. The molecule has 0 aromatic carbocycles. The molecular weight excluding hydrogens is 226 g/mol. The van der Waals surface area contributed by atoms with Crippen molar-refractivity contribution in [2.24, 2.45) is 5.92 Å². The van der Waals surface area contributed by atoms with Crippen molar-refractivity contribution in [3.8, 4) is 5.75 Å². The van der Waals surface area contributed by atoms with E-state index in [0.717, 1.165) is 24.1 Å². The number of hydrogen-bond donors (Lipinski definition) is 0. The van der Waals surface area contributed by atoms with Gasteiger partial charge in [0.15, 0.2) is 11.6 Å². The first-order chi connectivity index (χ1) is 7.74. The number of aromatic nitrogens is 2. The van der Waals surface area contributed by atoms with Crippen LogP contribution >= 0.6 is 11.6 Å². The summed E-state index contributed by atoms with van der Waals surface area (Å²) in [6, 6.07) is 0.422. The van der Waals surface area contributed by atoms with E-state index in [1.807, 2.05) is 0 Å². The molecule has 1 aromatic heterocycles. The van der Waals surface area contributed by atoms with E-state index in [1.54, 1.807) is 6.20 Å². The fourth-order valence-corrected chi connectivity index (χ4v) is 2.26. The summed E-state index contributed by atoms with van der Waals surface area (Å²) in [5.74, 6) is 2.44. The maximum atomic E-state index is 5.80. The Morgan fingerprint density at radius 3 is 3.12 bits per heavy atom. The average Bonchev–Trinajstić information content (AvgIpc) is 3.07. The molecule has 2 heterocycles. The molecule has 0 spiro atoms. The van der Waals surface area contributed by atoms with Gasteiger partial charge in [-0.3, -0.25) is 0 Å². The van der Waals surface area contributed by atoms with Crippen LogP contribution in [0.15, 0.2) is 6.20 Å². The Morgan fingerprint density at radius 1 is 1.56 bits per heavy atom. The van der Waals surface area contributed by atoms with E-state index in [9.17, 15) is 0 Å². The molecule has 1 atom stereocenters. The molecule has 3 rings (SSSR count). The fraction of sp³-hybridized carbons (Fsp3) is 0.636. The minimum Gasteiger partial charge on any atom is -0.486 e. The molecule has 2 aliphatic rings. The lowest BCUT2D eigenvalue weighted by atomic mass is 10.1. The minimum atomic E-state index is 0.279. The van der Waals surface area contributed by atoms with Crippen molar-refractivity contribution in [1.29, 1.82) is 0 Å². The molecular formula is C11H14ClN3O. The first-order valence-electron chi connectivity index (χ1n) is 5.62. The van der Waals surface area contributed by atoms with Crippen LogP contribution in [0.3, 0.4) is 0 Å². The van der Waals surface area contributed by atoms with E-state index >= 15 is 0 Å². The number of anilines is 1. The molecule has 1 unspecified atom stereocenters. The van der Waals surface area contributed by atoms with Gasteiger partial charge in [0.05, 0.1) is 12.2 Å². The lowest BCUT2D eigenvalue weighted by molar-refractivity contribution is 0.252. The Morgan fingerprint density at radius 2 is 2.38 bits per heavy atom. The highest BCUT2D eigenvalue weighted by Gasteiger charge is 2.32. The van der Waals surface area contributed by atoms with Gasteiger partial charge in [-0.15, -0.1) is 0 Å². The van der Waals surface area contributed by atoms with Crippen molar-refractivity contribution in [3.05, 3.63) is 11.5 Å². The molecule has 0 bridgehead atoms. The van der Waals surface area contributed by atoms with Gasteiger partial charge in [-0.2, -0.15) is 4.98 Å². The lowest BCUT2D eigenvalue weighted by Gasteiger charge is -2.34. The van der Waals surface area contributed by atoms with Crippen LogP contribution in [0, 0.1) is 5.92 Å². The zero-order valence-corrected chi connectivity index (χ0v) is 9.94. The van der Waals surface area contributed by atoms with E-state index in [0.29, 0.717) is 6.04 Å². The Labute approximate surface area is 99.6 Å². The molecule has 0 amide bonds. The van der Waals surface area contributed by atoms with E-state index in [4.69, 9.17) is 16.3 Å². The molecule has 0 saturated heterocycles. The van der Waals surface area contributed by atoms with Gasteiger partial charge in [-0.25, -0.2) is 4.98 Å². The normalized spacial score (nSPS) is 23.9. The topological polar surface area (TPSA) is 38.2 Å². The summed E-state index contributed by atoms with van der Waals surface area (Å²) in [5, 5.41) is 0.279. The smallest absolute Gasteiger partial charge is 0.224 e. The lowest BCUT2D eigenvalue weighted by Crippen LogP contribution is -2.41. The maximum Gasteiger partial charge on any atom is 0.224 e. The van der Waals surface area contributed by atoms with Gasteiger partial charge in [0.1, 0.15) is 6.61 Å². The van der Waals surface area contributed by atoms with Gasteiger partial charge in [0.2, 0.25) is 5.28 Å². The Hall–Kier alpha value is -1.03. The Balaban J connectivity index is 1.84. The van der Waals surface area contributed by atoms with Gasteiger partial charge in [0.25, 0.3) is 0 Å². The predicted octanol–water partition coefficient (Wildman–Crippen LogP) is 2.13. The zero-order valence-electron chi connectivity index (χ0n) is 9.19. The minimum absolute atomic E-state index is 0.279. The molecule has 0 radical (unpaired) electrons. The van der Waals surface area contributed by atoms with E-state index in [2.05, 4.69) is 21.9 Å². The fourth-order valence-electron chi connectivity index (χ4n) is 2.13. The summed E-state index contributed by atoms with van der Waals surface area (Å²) in [7, 11) is 2.05. The molecule has 1 fully saturated rings. The van der Waals surface area contributed by atoms with Crippen LogP contribution in [0.1, 0.15) is 19.3 Å². The van der Waals surface area contributed by atoms with E-state index < -0.39 is 0 Å². The van der Waals surface area contributed by atoms with Crippen LogP contribution in [0.5, 0.6) is 5.75 Å². The molecule has 0 N–H and O–H groups in total. The van der Waals surface area contributed by atoms with Crippen LogP contribution < -0.4 is 9.64 Å². The second-order valence-corrected chi connectivity index (χ2v) is 4.92. The van der Waals surface area contributed by atoms with Gasteiger partial charge in [-0.1, -0.05) is 12.8 Å². The second kappa shape index (κ2) is 3.77. The highest BCUT2D eigenvalue weighted by Crippen LogP contribution is 2.38. The quantitative estimate of drug-likeness (QED) is 0.741. The van der Waals surface area contributed by atoms with Crippen LogP contribution in [0.4, 0.5) is 5.82 Å². The van der Waals surface area contributed by atoms with Crippen molar-refractivity contribution in [2.45, 2.75) is 25.3 Å². The molecule has 16 heavy (non-hydrogen) atoms. The van der Waals surface area contributed by atoms with Gasteiger partial charge < -0.3 is 9.64 Å². The molecule has 86 valence electrons. The number of hydrogen-bond acceptors (Lipinski definition) is 4. The van der Waals surface area contributed by atoms with Crippen molar-refractivity contribution in [1.82, 2.24) is 9.97 Å². The molecule has 5 heteroatoms. The summed E-state index contributed by atoms with van der Waals surface area (Å²) in [5.41, 5.74) is 0. The van der Waals surface area contributed by atoms with Crippen LogP contribution in [0.2, 0.25) is 5.28 Å². The summed E-state index contributed by atoms with van der Waals surface area (Å²) in [4.78, 5) is 10.3. The zero-order chi connectivity index (χ0) is 11.1. The van der Waals surface area contributed by atoms with Gasteiger partial charge in [-0.05, 0) is 23.9 Å². The number of halogens is 1. The van der Waals surface area contributed by atoms with Crippen LogP contribution in [-0.4, -0.2) is 29.7 Å². The average molecular weight is 240 g/mol. The van der Waals surface area contributed by atoms with Crippen molar-refractivity contribution in [2.75, 3.05) is 18.6 Å². The Kier molecular flexibility index (Phi) is 2.39. The molecule has 4 nitrogen and oxygen atoms in total. The monoisotopic (exact) mass is 239 g/mol. The second-order valence-electron chi connectivity index (χ2n) is 4.58. The van der Waals surface area contributed by atoms with E-state index in [-0.39, 0.29) is 5.28 Å². The van der Waals surface area contributed by atoms with Crippen LogP contribution in [-0.2, 0) is 0 Å². The van der Waals surface area contributed by atoms with Gasteiger partial charge in [0, 0.05) is 7.05 Å². The SMILES string of the molecule is CN1c2nc(Cl)ncc2OCC1CC1CC1. The summed E-state index contributed by atoms with van der Waals surface area (Å²) >= 11 is 5.80. The maximum absolute atomic E-state index is 5.80. The largest absolute Gasteiger partial charge is 0.486 e. The van der Waals surface area contributed by atoms with Crippen molar-refractivity contribution < 1.29 is 4.74 Å². The van der Waals surface area contributed by atoms with Crippen LogP contribution in [0.25, 0.3) is 0 Å². The number of nitrogens with zero attached hydrogens (tertiary/aromatic N) is 3. The molecule has 1 aromatic rings. The number of likely N-dealkylation sites (N-methyl/N-ethyl adjacent to an activating group) is 1. The number of ether oxygens (including phenoxy) is 1. The summed E-state index contributed by atoms with van der Waals surface area (Å²) in [6.45, 7) is 0.727. The third-order valence-corrected chi connectivity index (χ3v) is 3.50. The molecule has 1 aliphatic heterocycles. The van der Waals surface area contributed by atoms with Crippen molar-refractivity contribution in [3.63, 3.8) is 0 Å². The predicted molar refractivity (Wildman–Crippen MR) is 62.1 cm³/mol.